The third kappa shape index (κ3) is 6.34. The molecule has 1 aliphatic carbocycles. The van der Waals surface area contributed by atoms with Gasteiger partial charge in [0.15, 0.2) is 11.4 Å². The van der Waals surface area contributed by atoms with Crippen LogP contribution in [0, 0.1) is 6.92 Å². The third-order valence-electron chi connectivity index (χ3n) is 8.05. The predicted molar refractivity (Wildman–Crippen MR) is 160 cm³/mol. The van der Waals surface area contributed by atoms with E-state index >= 15 is 0 Å². The highest BCUT2D eigenvalue weighted by Gasteiger charge is 2.37. The van der Waals surface area contributed by atoms with Gasteiger partial charge >= 0.3 is 12.1 Å². The van der Waals surface area contributed by atoms with Crippen molar-refractivity contribution in [3.8, 4) is 5.75 Å². The highest BCUT2D eigenvalue weighted by atomic mass is 19.4. The quantitative estimate of drug-likeness (QED) is 0.254. The fourth-order valence-electron chi connectivity index (χ4n) is 5.42. The van der Waals surface area contributed by atoms with Gasteiger partial charge < -0.3 is 30.4 Å². The molecule has 246 valence electrons. The Morgan fingerprint density at radius 1 is 1.04 bits per heavy atom. The van der Waals surface area contributed by atoms with Crippen LogP contribution in [-0.4, -0.2) is 104 Å². The lowest BCUT2D eigenvalue weighted by Gasteiger charge is -2.37. The first-order valence-electron chi connectivity index (χ1n) is 14.7. The summed E-state index contributed by atoms with van der Waals surface area (Å²) in [5.74, 6) is -1.25. The van der Waals surface area contributed by atoms with Gasteiger partial charge in [0.05, 0.1) is 17.8 Å². The Balaban J connectivity index is 1.33. The van der Waals surface area contributed by atoms with Crippen LogP contribution in [0.15, 0.2) is 29.9 Å². The van der Waals surface area contributed by atoms with Crippen molar-refractivity contribution in [2.45, 2.75) is 39.3 Å². The van der Waals surface area contributed by atoms with Gasteiger partial charge in [-0.05, 0) is 49.4 Å². The number of nitrogens with zero attached hydrogens (tertiary/aromatic N) is 7. The van der Waals surface area contributed by atoms with E-state index in [2.05, 4.69) is 30.8 Å². The van der Waals surface area contributed by atoms with Crippen LogP contribution in [0.25, 0.3) is 0 Å². The molecule has 1 saturated heterocycles. The highest BCUT2D eigenvalue weighted by Crippen LogP contribution is 2.41. The van der Waals surface area contributed by atoms with Crippen LogP contribution in [-0.2, 0) is 23.8 Å². The van der Waals surface area contributed by atoms with Crippen LogP contribution in [0.1, 0.15) is 51.0 Å². The Bertz CT molecular complexity index is 1670. The number of allylic oxidation sites excluding steroid dienone is 2. The van der Waals surface area contributed by atoms with Crippen LogP contribution < -0.4 is 15.5 Å². The van der Waals surface area contributed by atoms with Crippen LogP contribution in [0.2, 0.25) is 0 Å². The van der Waals surface area contributed by atoms with Gasteiger partial charge in [-0.1, -0.05) is 6.92 Å². The number of anilines is 2. The van der Waals surface area contributed by atoms with Gasteiger partial charge in [0, 0.05) is 51.7 Å². The molecular weight excluding hydrogens is 609 g/mol. The van der Waals surface area contributed by atoms with Crippen molar-refractivity contribution in [2.24, 2.45) is 0 Å². The standard InChI is InChI=1S/C29H35F3N10O4/c1-5-20(33-14-22(43)36-21-9-8-19(29(30,31)32)17-6-7-18(17)21)24(27(46)42-37-28(38-42)39(3)4)40-10-12-41(13-11-40)26(45)23-25(44)16(2)34-15-35-23/h8-9,15,33,44H,5-7,10-14H2,1-4H3,(H,36,43)(H,37,38)/b24-20+. The number of aryl methyl sites for hydroxylation is 1. The van der Waals surface area contributed by atoms with E-state index in [-0.39, 0.29) is 61.1 Å². The number of aromatic hydroxyl groups is 1. The average Bonchev–Trinajstić information content (AvgIpc) is 2.95. The summed E-state index contributed by atoms with van der Waals surface area (Å²) in [7, 11) is 3.53. The summed E-state index contributed by atoms with van der Waals surface area (Å²) in [6, 6.07) is 2.25. The number of halogens is 3. The minimum Gasteiger partial charge on any atom is -0.504 e. The van der Waals surface area contributed by atoms with Crippen LogP contribution in [0.5, 0.6) is 5.75 Å². The molecule has 0 saturated carbocycles. The summed E-state index contributed by atoms with van der Waals surface area (Å²) < 4.78 is 40.0. The molecule has 0 radical (unpaired) electrons. The lowest BCUT2D eigenvalue weighted by molar-refractivity contribution is -0.138. The molecule has 5 rings (SSSR count). The Labute approximate surface area is 262 Å². The topological polar surface area (TPSA) is 165 Å². The van der Waals surface area contributed by atoms with Gasteiger partial charge in [0.2, 0.25) is 11.9 Å². The number of rotatable bonds is 9. The van der Waals surface area contributed by atoms with E-state index in [0.717, 1.165) is 10.9 Å². The van der Waals surface area contributed by atoms with Gasteiger partial charge in [-0.3, -0.25) is 14.4 Å². The van der Waals surface area contributed by atoms with Gasteiger partial charge in [-0.25, -0.2) is 15.1 Å². The number of fused-ring (bicyclic) bond motifs is 1. The van der Waals surface area contributed by atoms with Gasteiger partial charge in [-0.15, -0.1) is 9.90 Å². The number of benzene rings is 1. The molecule has 1 fully saturated rings. The second kappa shape index (κ2) is 12.7. The zero-order valence-corrected chi connectivity index (χ0v) is 25.8. The van der Waals surface area contributed by atoms with E-state index in [9.17, 15) is 32.7 Å². The monoisotopic (exact) mass is 644 g/mol. The molecule has 2 aliphatic rings. The lowest BCUT2D eigenvalue weighted by atomic mass is 9.83. The molecule has 2 amide bonds. The first kappa shape index (κ1) is 32.3. The van der Waals surface area contributed by atoms with E-state index in [1.165, 1.54) is 17.3 Å². The maximum absolute atomic E-state index is 13.7. The minimum atomic E-state index is -4.46. The smallest absolute Gasteiger partial charge is 0.416 e. The Morgan fingerprint density at radius 3 is 2.28 bits per heavy atom. The molecule has 14 nitrogen and oxygen atoms in total. The number of amides is 2. The normalized spacial score (nSPS) is 15.1. The number of carbonyl (C=O) groups is 3. The summed E-state index contributed by atoms with van der Waals surface area (Å²) in [6.07, 6.45) is -2.20. The van der Waals surface area contributed by atoms with Crippen molar-refractivity contribution in [3.63, 3.8) is 0 Å². The van der Waals surface area contributed by atoms with E-state index in [1.54, 1.807) is 30.8 Å². The molecule has 1 aromatic carbocycles. The fraction of sp³-hybridized carbons (Fsp3) is 0.448. The van der Waals surface area contributed by atoms with E-state index in [0.29, 0.717) is 42.2 Å². The fourth-order valence-corrected chi connectivity index (χ4v) is 5.42. The molecule has 1 aliphatic heterocycles. The molecule has 0 atom stereocenters. The van der Waals surface area contributed by atoms with Crippen molar-refractivity contribution < 1.29 is 32.7 Å². The van der Waals surface area contributed by atoms with E-state index < -0.39 is 29.5 Å². The van der Waals surface area contributed by atoms with Gasteiger partial charge in [-0.2, -0.15) is 13.2 Å². The number of hydrogen-bond donors (Lipinski definition) is 4. The van der Waals surface area contributed by atoms with Crippen LogP contribution >= 0.6 is 0 Å². The number of aromatic nitrogens is 5. The second-order valence-corrected chi connectivity index (χ2v) is 11.2. The first-order valence-corrected chi connectivity index (χ1v) is 14.7. The summed E-state index contributed by atoms with van der Waals surface area (Å²) in [5.41, 5.74) is 1.19. The molecule has 2 aromatic heterocycles. The van der Waals surface area contributed by atoms with E-state index in [4.69, 9.17) is 0 Å². The SMILES string of the molecule is CC/C(NCC(=O)Nc1ccc(C(F)(F)F)c2c1CC2)=C(/C(=O)n1nc(N(C)C)[nH]1)N1CCN(C(=O)c2ncnc(C)c2O)CC1. The molecule has 17 heteroatoms. The molecule has 4 N–H and O–H groups in total. The minimum absolute atomic E-state index is 0.104. The first-order chi connectivity index (χ1) is 21.8. The largest absolute Gasteiger partial charge is 0.504 e. The molecule has 46 heavy (non-hydrogen) atoms. The predicted octanol–water partition coefficient (Wildman–Crippen LogP) is 2.15. The molecule has 0 unspecified atom stereocenters. The Hall–Kier alpha value is -5.09. The molecule has 0 bridgehead atoms. The summed E-state index contributed by atoms with van der Waals surface area (Å²) >= 11 is 0. The van der Waals surface area contributed by atoms with Gasteiger partial charge in [0.1, 0.15) is 12.0 Å². The maximum atomic E-state index is 13.7. The average molecular weight is 645 g/mol. The summed E-state index contributed by atoms with van der Waals surface area (Å²) in [6.45, 7) is 4.07. The lowest BCUT2D eigenvalue weighted by Crippen LogP contribution is -2.51. The van der Waals surface area contributed by atoms with Crippen molar-refractivity contribution in [1.29, 1.82) is 0 Å². The Morgan fingerprint density at radius 2 is 1.70 bits per heavy atom. The Kier molecular flexibility index (Phi) is 8.94. The zero-order chi connectivity index (χ0) is 33.3. The maximum Gasteiger partial charge on any atom is 0.416 e. The number of hydrogen-bond acceptors (Lipinski definition) is 10. The van der Waals surface area contributed by atoms with E-state index in [1.807, 2.05) is 6.92 Å². The molecule has 0 spiro atoms. The second-order valence-electron chi connectivity index (χ2n) is 11.2. The molecule has 3 heterocycles. The number of aromatic amines is 1. The molecular formula is C29H35F3N10O4. The van der Waals surface area contributed by atoms with Crippen LogP contribution in [0.3, 0.4) is 0 Å². The van der Waals surface area contributed by atoms with Crippen molar-refractivity contribution in [3.05, 3.63) is 57.9 Å². The van der Waals surface area contributed by atoms with Crippen molar-refractivity contribution >= 4 is 29.4 Å². The zero-order valence-electron chi connectivity index (χ0n) is 25.8. The number of carbonyl (C=O) groups excluding carboxylic acids is 3. The number of H-pyrrole nitrogens is 1. The molecule has 3 aromatic rings. The number of piperazine rings is 1. The summed E-state index contributed by atoms with van der Waals surface area (Å²) in [4.78, 5) is 53.7. The van der Waals surface area contributed by atoms with Crippen molar-refractivity contribution in [1.82, 2.24) is 40.1 Å². The number of nitrogens with one attached hydrogen (secondary N) is 3. The van der Waals surface area contributed by atoms with Crippen molar-refractivity contribution in [2.75, 3.05) is 57.0 Å². The summed E-state index contributed by atoms with van der Waals surface area (Å²) in [5, 5.41) is 23.1. The number of alkyl halides is 3. The third-order valence-corrected chi connectivity index (χ3v) is 8.05. The van der Waals surface area contributed by atoms with Gasteiger partial charge in [0.25, 0.3) is 5.91 Å². The highest BCUT2D eigenvalue weighted by molar-refractivity contribution is 5.97. The van der Waals surface area contributed by atoms with Crippen LogP contribution in [0.4, 0.5) is 24.8 Å².